The van der Waals surface area contributed by atoms with Crippen LogP contribution < -0.4 is 5.73 Å². The molecule has 1 fully saturated rings. The molecule has 4 heteroatoms. The Morgan fingerprint density at radius 2 is 2.45 bits per heavy atom. The maximum atomic E-state index is 10.4. The molecule has 1 atom stereocenters. The Bertz CT molecular complexity index is 149. The highest BCUT2D eigenvalue weighted by Crippen LogP contribution is 2.13. The lowest BCUT2D eigenvalue weighted by atomic mass is 10.3. The van der Waals surface area contributed by atoms with Gasteiger partial charge in [-0.25, -0.2) is 0 Å². The summed E-state index contributed by atoms with van der Waals surface area (Å²) in [7, 11) is 0. The highest BCUT2D eigenvalue weighted by atomic mass is 16.3. The molecule has 3 N–H and O–H groups in total. The van der Waals surface area contributed by atoms with Crippen molar-refractivity contribution in [2.24, 2.45) is 5.73 Å². The average Bonchev–Trinajstić information content (AvgIpc) is 2.31. The second kappa shape index (κ2) is 3.69. The molecule has 0 aromatic carbocycles. The van der Waals surface area contributed by atoms with Crippen LogP contribution in [0.3, 0.4) is 0 Å². The van der Waals surface area contributed by atoms with Gasteiger partial charge in [-0.15, -0.1) is 0 Å². The van der Waals surface area contributed by atoms with Crippen LogP contribution in [0.25, 0.3) is 0 Å². The van der Waals surface area contributed by atoms with Crippen LogP contribution in [0.5, 0.6) is 0 Å². The molecule has 0 spiro atoms. The molecule has 0 saturated carbocycles. The summed E-state index contributed by atoms with van der Waals surface area (Å²) in [6.45, 7) is 1.48. The third-order valence-electron chi connectivity index (χ3n) is 1.97. The summed E-state index contributed by atoms with van der Waals surface area (Å²) in [5.41, 5.74) is 4.97. The van der Waals surface area contributed by atoms with E-state index in [4.69, 9.17) is 5.73 Å². The van der Waals surface area contributed by atoms with Crippen molar-refractivity contribution < 1.29 is 9.90 Å². The van der Waals surface area contributed by atoms with Crippen LogP contribution in [-0.2, 0) is 4.79 Å². The van der Waals surface area contributed by atoms with Gasteiger partial charge < -0.3 is 10.8 Å². The van der Waals surface area contributed by atoms with E-state index in [1.54, 1.807) is 0 Å². The molecule has 0 bridgehead atoms. The van der Waals surface area contributed by atoms with Crippen LogP contribution in [0.4, 0.5) is 0 Å². The summed E-state index contributed by atoms with van der Waals surface area (Å²) < 4.78 is 0. The lowest BCUT2D eigenvalue weighted by Crippen LogP contribution is -2.32. The van der Waals surface area contributed by atoms with Crippen molar-refractivity contribution in [1.82, 2.24) is 4.90 Å². The van der Waals surface area contributed by atoms with Gasteiger partial charge in [0.25, 0.3) is 0 Å². The van der Waals surface area contributed by atoms with Crippen LogP contribution in [0.1, 0.15) is 19.3 Å². The SMILES string of the molecule is NC(=O)CCN1CCCC1O. The topological polar surface area (TPSA) is 66.6 Å². The Morgan fingerprint density at radius 3 is 2.91 bits per heavy atom. The number of rotatable bonds is 3. The number of primary amides is 1. The summed E-state index contributed by atoms with van der Waals surface area (Å²) in [4.78, 5) is 12.3. The molecule has 0 aliphatic carbocycles. The number of amides is 1. The van der Waals surface area contributed by atoms with E-state index in [0.717, 1.165) is 19.4 Å². The van der Waals surface area contributed by atoms with E-state index in [1.165, 1.54) is 0 Å². The zero-order chi connectivity index (χ0) is 8.27. The minimum atomic E-state index is -0.352. The highest BCUT2D eigenvalue weighted by Gasteiger charge is 2.21. The first-order valence-electron chi connectivity index (χ1n) is 3.90. The van der Waals surface area contributed by atoms with Crippen molar-refractivity contribution in [2.45, 2.75) is 25.5 Å². The van der Waals surface area contributed by atoms with Crippen molar-refractivity contribution in [1.29, 1.82) is 0 Å². The van der Waals surface area contributed by atoms with E-state index in [9.17, 15) is 9.90 Å². The maximum absolute atomic E-state index is 10.4. The van der Waals surface area contributed by atoms with Crippen molar-refractivity contribution in [3.63, 3.8) is 0 Å². The fourth-order valence-electron chi connectivity index (χ4n) is 1.32. The van der Waals surface area contributed by atoms with E-state index < -0.39 is 0 Å². The van der Waals surface area contributed by atoms with Gasteiger partial charge in [0.1, 0.15) is 6.23 Å². The Balaban J connectivity index is 2.20. The van der Waals surface area contributed by atoms with Crippen molar-refractivity contribution in [3.05, 3.63) is 0 Å². The molecule has 0 aromatic rings. The largest absolute Gasteiger partial charge is 0.378 e. The lowest BCUT2D eigenvalue weighted by molar-refractivity contribution is -0.118. The minimum absolute atomic E-state index is 0.302. The summed E-state index contributed by atoms with van der Waals surface area (Å²) in [5.74, 6) is -0.302. The smallest absolute Gasteiger partial charge is 0.218 e. The zero-order valence-electron chi connectivity index (χ0n) is 6.49. The van der Waals surface area contributed by atoms with E-state index in [1.807, 2.05) is 4.90 Å². The molecule has 1 amide bonds. The molecule has 4 nitrogen and oxygen atoms in total. The molecule has 0 aromatic heterocycles. The number of likely N-dealkylation sites (tertiary alicyclic amines) is 1. The molecule has 1 saturated heterocycles. The van der Waals surface area contributed by atoms with E-state index in [0.29, 0.717) is 13.0 Å². The number of carbonyl (C=O) groups excluding carboxylic acids is 1. The molecule has 1 aliphatic heterocycles. The Labute approximate surface area is 66.0 Å². The third kappa shape index (κ3) is 2.48. The summed E-state index contributed by atoms with van der Waals surface area (Å²) in [6, 6.07) is 0. The summed E-state index contributed by atoms with van der Waals surface area (Å²) >= 11 is 0. The second-order valence-corrected chi connectivity index (χ2v) is 2.88. The van der Waals surface area contributed by atoms with Gasteiger partial charge in [-0.05, 0) is 12.8 Å². The van der Waals surface area contributed by atoms with Crippen molar-refractivity contribution in [2.75, 3.05) is 13.1 Å². The molecule has 1 rings (SSSR count). The number of aliphatic hydroxyl groups excluding tert-OH is 1. The van der Waals surface area contributed by atoms with Gasteiger partial charge in [-0.1, -0.05) is 0 Å². The van der Waals surface area contributed by atoms with Crippen LogP contribution in [0.2, 0.25) is 0 Å². The number of carbonyl (C=O) groups is 1. The lowest BCUT2D eigenvalue weighted by Gasteiger charge is -2.18. The molecule has 0 radical (unpaired) electrons. The zero-order valence-corrected chi connectivity index (χ0v) is 6.49. The summed E-state index contributed by atoms with van der Waals surface area (Å²) in [5, 5.41) is 9.28. The quantitative estimate of drug-likeness (QED) is 0.569. The molecule has 1 aliphatic rings. The molecular weight excluding hydrogens is 144 g/mol. The number of hydrogen-bond acceptors (Lipinski definition) is 3. The Morgan fingerprint density at radius 1 is 1.73 bits per heavy atom. The fourth-order valence-corrected chi connectivity index (χ4v) is 1.32. The monoisotopic (exact) mass is 158 g/mol. The summed E-state index contributed by atoms with van der Waals surface area (Å²) in [6.07, 6.45) is 1.82. The average molecular weight is 158 g/mol. The van der Waals surface area contributed by atoms with Crippen LogP contribution in [0, 0.1) is 0 Å². The highest BCUT2D eigenvalue weighted by molar-refractivity contribution is 5.73. The molecule has 64 valence electrons. The molecule has 11 heavy (non-hydrogen) atoms. The normalized spacial score (nSPS) is 25.7. The van der Waals surface area contributed by atoms with E-state index >= 15 is 0 Å². The minimum Gasteiger partial charge on any atom is -0.378 e. The van der Waals surface area contributed by atoms with Gasteiger partial charge in [0.15, 0.2) is 0 Å². The molecule has 1 heterocycles. The first-order chi connectivity index (χ1) is 5.20. The van der Waals surface area contributed by atoms with Gasteiger partial charge >= 0.3 is 0 Å². The molecule has 1 unspecified atom stereocenters. The Kier molecular flexibility index (Phi) is 2.84. The van der Waals surface area contributed by atoms with Gasteiger partial charge in [0, 0.05) is 19.5 Å². The van der Waals surface area contributed by atoms with Gasteiger partial charge in [0.2, 0.25) is 5.91 Å². The Hall–Kier alpha value is -0.610. The number of aliphatic hydroxyl groups is 1. The van der Waals surface area contributed by atoms with Gasteiger partial charge in [0.05, 0.1) is 0 Å². The van der Waals surface area contributed by atoms with Crippen molar-refractivity contribution in [3.8, 4) is 0 Å². The predicted molar refractivity (Wildman–Crippen MR) is 40.6 cm³/mol. The van der Waals surface area contributed by atoms with Gasteiger partial charge in [-0.3, -0.25) is 9.69 Å². The number of nitrogens with zero attached hydrogens (tertiary/aromatic N) is 1. The van der Waals surface area contributed by atoms with Gasteiger partial charge in [-0.2, -0.15) is 0 Å². The standard InChI is InChI=1S/C7H14N2O2/c8-6(10)3-5-9-4-1-2-7(9)11/h7,11H,1-5H2,(H2,8,10). The first-order valence-corrected chi connectivity index (χ1v) is 3.90. The fraction of sp³-hybridized carbons (Fsp3) is 0.857. The van der Waals surface area contributed by atoms with Crippen molar-refractivity contribution >= 4 is 5.91 Å². The van der Waals surface area contributed by atoms with Crippen LogP contribution in [0.15, 0.2) is 0 Å². The third-order valence-corrected chi connectivity index (χ3v) is 1.97. The number of hydrogen-bond donors (Lipinski definition) is 2. The number of nitrogens with two attached hydrogens (primary N) is 1. The first kappa shape index (κ1) is 8.49. The van der Waals surface area contributed by atoms with E-state index in [-0.39, 0.29) is 12.1 Å². The molecular formula is C7H14N2O2. The van der Waals surface area contributed by atoms with Crippen LogP contribution >= 0.6 is 0 Å². The second-order valence-electron chi connectivity index (χ2n) is 2.88. The predicted octanol–water partition coefficient (Wildman–Crippen LogP) is -0.724. The maximum Gasteiger partial charge on any atom is 0.218 e. The van der Waals surface area contributed by atoms with E-state index in [2.05, 4.69) is 0 Å². The van der Waals surface area contributed by atoms with Crippen LogP contribution in [-0.4, -0.2) is 35.2 Å².